The minimum Gasteiger partial charge on any atom is -0.327 e. The fraction of sp³-hybridized carbons (Fsp3) is 1.00. The predicted molar refractivity (Wildman–Crippen MR) is 44.5 cm³/mol. The van der Waals surface area contributed by atoms with Gasteiger partial charge in [-0.25, -0.2) is 0 Å². The smallest absolute Gasteiger partial charge is 0.0755 e. The molecule has 0 bridgehead atoms. The fourth-order valence-corrected chi connectivity index (χ4v) is 0.671. The molecule has 58 valence electrons. The van der Waals surface area contributed by atoms with Crippen molar-refractivity contribution in [1.29, 1.82) is 0 Å². The minimum absolute atomic E-state index is 0. The van der Waals surface area contributed by atoms with Crippen LogP contribution < -0.4 is 0 Å². The number of hydrogen-bond acceptors (Lipinski definition) is 0. The summed E-state index contributed by atoms with van der Waals surface area (Å²) in [6.45, 7) is 10.5. The summed E-state index contributed by atoms with van der Waals surface area (Å²) >= 11 is 0. The van der Waals surface area contributed by atoms with E-state index in [0.717, 1.165) is 0 Å². The van der Waals surface area contributed by atoms with Gasteiger partial charge in [0.05, 0.1) is 26.7 Å². The zero-order valence-electron chi connectivity index (χ0n) is 6.57. The molecule has 0 N–H and O–H groups in total. The molecule has 0 aliphatic carbocycles. The zero-order valence-corrected chi connectivity index (χ0v) is 6.57. The van der Waals surface area contributed by atoms with Crippen LogP contribution in [0.25, 0.3) is 0 Å². The Kier molecular flexibility index (Phi) is 6.25. The molecule has 1 heteroatoms. The summed E-state index contributed by atoms with van der Waals surface area (Å²) in [4.78, 5) is 0. The van der Waals surface area contributed by atoms with Gasteiger partial charge in [0.2, 0.25) is 0 Å². The summed E-state index contributed by atoms with van der Waals surface area (Å²) in [5, 5.41) is 0. The Balaban J connectivity index is 0. The molecule has 0 amide bonds. The van der Waals surface area contributed by atoms with E-state index in [1.165, 1.54) is 24.1 Å². The lowest BCUT2D eigenvalue weighted by molar-refractivity contribution is -0.904. The lowest BCUT2D eigenvalue weighted by atomic mass is 10.4. The molecule has 0 rings (SSSR count). The molecule has 0 aromatic heterocycles. The van der Waals surface area contributed by atoms with Crippen LogP contribution in [0, 0.1) is 0 Å². The topological polar surface area (TPSA) is 0 Å². The molecule has 0 spiro atoms. The van der Waals surface area contributed by atoms with E-state index in [2.05, 4.69) is 27.8 Å². The molecule has 0 saturated heterocycles. The Morgan fingerprint density at radius 1 is 0.889 bits per heavy atom. The van der Waals surface area contributed by atoms with E-state index in [9.17, 15) is 0 Å². The summed E-state index contributed by atoms with van der Waals surface area (Å²) in [6.07, 6.45) is 0. The van der Waals surface area contributed by atoms with Crippen LogP contribution in [0.15, 0.2) is 0 Å². The van der Waals surface area contributed by atoms with Crippen LogP contribution in [-0.2, 0) is 0 Å². The highest BCUT2D eigenvalue weighted by Crippen LogP contribution is 1.97. The lowest BCUT2D eigenvalue weighted by Gasteiger charge is -2.30. The van der Waals surface area contributed by atoms with Crippen molar-refractivity contribution in [2.24, 2.45) is 0 Å². The molecule has 0 aliphatic heterocycles. The fourth-order valence-electron chi connectivity index (χ4n) is 0.671. The second-order valence-electron chi connectivity index (χ2n) is 2.57. The number of quaternary nitrogens is 1. The largest absolute Gasteiger partial charge is 0.327 e. The second-order valence-corrected chi connectivity index (χ2v) is 2.57. The summed E-state index contributed by atoms with van der Waals surface area (Å²) < 4.78 is 1.21. The summed E-state index contributed by atoms with van der Waals surface area (Å²) in [5.74, 6) is 0. The quantitative estimate of drug-likeness (QED) is 0.516. The normalized spacial score (nSPS) is 10.7. The second kappa shape index (κ2) is 4.80. The minimum atomic E-state index is 0. The van der Waals surface area contributed by atoms with E-state index in [1.54, 1.807) is 0 Å². The molecule has 0 heterocycles. The van der Waals surface area contributed by atoms with Crippen LogP contribution in [0.1, 0.15) is 28.2 Å². The predicted octanol–water partition coefficient (Wildman–Crippen LogP) is 2.13. The third-order valence-corrected chi connectivity index (χ3v) is 2.29. The van der Waals surface area contributed by atoms with E-state index >= 15 is 0 Å². The molecular formula is C8H22N+. The van der Waals surface area contributed by atoms with Crippen molar-refractivity contribution in [3.63, 3.8) is 0 Å². The highest BCUT2D eigenvalue weighted by atomic mass is 15.3. The third-order valence-electron chi connectivity index (χ3n) is 2.29. The van der Waals surface area contributed by atoms with Crippen LogP contribution in [-0.4, -0.2) is 31.2 Å². The van der Waals surface area contributed by atoms with Gasteiger partial charge in [-0.05, 0) is 20.8 Å². The maximum atomic E-state index is 2.29. The zero-order chi connectivity index (χ0) is 6.62. The number of rotatable bonds is 3. The van der Waals surface area contributed by atoms with Crippen LogP contribution in [0.3, 0.4) is 0 Å². The standard InChI is InChI=1S/C7H18N.CH4/c1-5-8(4,6-2)7-3;/h5-7H2,1-4H3;1H4/q+1;. The SMILES string of the molecule is C.CC[N+](C)(CC)CC. The van der Waals surface area contributed by atoms with E-state index in [0.29, 0.717) is 0 Å². The molecule has 0 radical (unpaired) electrons. The van der Waals surface area contributed by atoms with Crippen molar-refractivity contribution in [1.82, 2.24) is 0 Å². The Morgan fingerprint density at radius 2 is 1.11 bits per heavy atom. The van der Waals surface area contributed by atoms with Crippen molar-refractivity contribution >= 4 is 0 Å². The van der Waals surface area contributed by atoms with Crippen LogP contribution in [0.5, 0.6) is 0 Å². The maximum Gasteiger partial charge on any atom is 0.0755 e. The highest BCUT2D eigenvalue weighted by molar-refractivity contribution is 4.24. The van der Waals surface area contributed by atoms with Crippen molar-refractivity contribution in [2.75, 3.05) is 26.7 Å². The molecule has 0 unspecified atom stereocenters. The Bertz CT molecular complexity index is 47.3. The average Bonchev–Trinajstić information content (AvgIpc) is 1.87. The Hall–Kier alpha value is -0.0400. The van der Waals surface area contributed by atoms with Gasteiger partial charge in [-0.1, -0.05) is 7.43 Å². The molecular weight excluding hydrogens is 110 g/mol. The van der Waals surface area contributed by atoms with E-state index in [1.807, 2.05) is 0 Å². The first-order chi connectivity index (χ1) is 3.68. The first-order valence-electron chi connectivity index (χ1n) is 3.52. The van der Waals surface area contributed by atoms with Crippen molar-refractivity contribution in [3.05, 3.63) is 0 Å². The average molecular weight is 132 g/mol. The van der Waals surface area contributed by atoms with Crippen molar-refractivity contribution < 1.29 is 4.48 Å². The van der Waals surface area contributed by atoms with Gasteiger partial charge in [-0.15, -0.1) is 0 Å². The first kappa shape index (κ1) is 11.7. The van der Waals surface area contributed by atoms with E-state index in [-0.39, 0.29) is 7.43 Å². The van der Waals surface area contributed by atoms with Gasteiger partial charge in [-0.3, -0.25) is 0 Å². The van der Waals surface area contributed by atoms with Crippen LogP contribution >= 0.6 is 0 Å². The lowest BCUT2D eigenvalue weighted by Crippen LogP contribution is -2.42. The summed E-state index contributed by atoms with van der Waals surface area (Å²) in [7, 11) is 2.29. The van der Waals surface area contributed by atoms with Gasteiger partial charge in [-0.2, -0.15) is 0 Å². The Labute approximate surface area is 60.3 Å². The molecule has 0 aromatic rings. The van der Waals surface area contributed by atoms with Gasteiger partial charge in [0, 0.05) is 0 Å². The molecule has 0 atom stereocenters. The monoisotopic (exact) mass is 132 g/mol. The van der Waals surface area contributed by atoms with Gasteiger partial charge >= 0.3 is 0 Å². The Morgan fingerprint density at radius 3 is 1.11 bits per heavy atom. The van der Waals surface area contributed by atoms with E-state index < -0.39 is 0 Å². The van der Waals surface area contributed by atoms with Crippen LogP contribution in [0.2, 0.25) is 0 Å². The maximum absolute atomic E-state index is 2.29. The number of hydrogen-bond donors (Lipinski definition) is 0. The first-order valence-corrected chi connectivity index (χ1v) is 3.52. The highest BCUT2D eigenvalue weighted by Gasteiger charge is 2.10. The van der Waals surface area contributed by atoms with Crippen molar-refractivity contribution in [3.8, 4) is 0 Å². The molecule has 1 nitrogen and oxygen atoms in total. The molecule has 0 saturated carbocycles. The van der Waals surface area contributed by atoms with Gasteiger partial charge in [0.25, 0.3) is 0 Å². The van der Waals surface area contributed by atoms with Gasteiger partial charge in [0.1, 0.15) is 0 Å². The molecule has 9 heavy (non-hydrogen) atoms. The van der Waals surface area contributed by atoms with Crippen molar-refractivity contribution in [2.45, 2.75) is 28.2 Å². The number of nitrogens with zero attached hydrogens (tertiary/aromatic N) is 1. The van der Waals surface area contributed by atoms with Gasteiger partial charge in [0.15, 0.2) is 0 Å². The molecule has 0 fully saturated rings. The molecule has 0 aromatic carbocycles. The summed E-state index contributed by atoms with van der Waals surface area (Å²) in [5.41, 5.74) is 0. The van der Waals surface area contributed by atoms with Gasteiger partial charge < -0.3 is 4.48 Å². The summed E-state index contributed by atoms with van der Waals surface area (Å²) in [6, 6.07) is 0. The van der Waals surface area contributed by atoms with E-state index in [4.69, 9.17) is 0 Å². The molecule has 0 aliphatic rings. The third kappa shape index (κ3) is 3.52. The van der Waals surface area contributed by atoms with Crippen LogP contribution in [0.4, 0.5) is 0 Å².